The van der Waals surface area contributed by atoms with Gasteiger partial charge in [-0.3, -0.25) is 0 Å². The molecule has 0 heterocycles. The van der Waals surface area contributed by atoms with E-state index in [2.05, 4.69) is 24.3 Å². The maximum atomic E-state index is 2.58. The Morgan fingerprint density at radius 3 is 1.25 bits per heavy atom. The Kier molecular flexibility index (Phi) is 4.33. The van der Waals surface area contributed by atoms with E-state index >= 15 is 0 Å². The fourth-order valence-corrected chi connectivity index (χ4v) is 13.2. The lowest BCUT2D eigenvalue weighted by atomic mass is 9.73. The molecule has 0 aromatic rings. The van der Waals surface area contributed by atoms with Crippen LogP contribution in [0.1, 0.15) is 78.1 Å². The van der Waals surface area contributed by atoms with Gasteiger partial charge in [-0.1, -0.05) is 38.2 Å². The number of allylic oxidation sites excluding steroid dienone is 4. The van der Waals surface area contributed by atoms with Crippen molar-refractivity contribution in [3.05, 3.63) is 24.3 Å². The van der Waals surface area contributed by atoms with Gasteiger partial charge >= 0.3 is 0 Å². The van der Waals surface area contributed by atoms with E-state index in [0.717, 1.165) is 47.3 Å². The maximum absolute atomic E-state index is 2.58. The molecule has 0 amide bonds. The molecule has 16 atom stereocenters. The van der Waals surface area contributed by atoms with Gasteiger partial charge in [0.25, 0.3) is 0 Å². The van der Waals surface area contributed by atoms with Gasteiger partial charge in [0.2, 0.25) is 0 Å². The minimum atomic E-state index is 1.02. The van der Waals surface area contributed by atoms with Crippen molar-refractivity contribution in [2.24, 2.45) is 94.7 Å². The van der Waals surface area contributed by atoms with Crippen LogP contribution in [0.15, 0.2) is 24.3 Å². The number of rotatable bonds is 0. The average molecular weight is 431 g/mol. The van der Waals surface area contributed by atoms with Crippen LogP contribution in [0.25, 0.3) is 0 Å². The van der Waals surface area contributed by atoms with E-state index in [1.807, 2.05) is 13.8 Å². The molecular weight excluding hydrogens is 384 g/mol. The van der Waals surface area contributed by atoms with Crippen LogP contribution < -0.4 is 0 Å². The van der Waals surface area contributed by atoms with Crippen molar-refractivity contribution in [2.75, 3.05) is 0 Å². The van der Waals surface area contributed by atoms with E-state index in [0.29, 0.717) is 0 Å². The predicted molar refractivity (Wildman–Crippen MR) is 132 cm³/mol. The molecule has 10 aliphatic carbocycles. The molecule has 0 aromatic heterocycles. The van der Waals surface area contributed by atoms with E-state index < -0.39 is 0 Å². The second-order valence-corrected chi connectivity index (χ2v) is 14.0. The third-order valence-electron chi connectivity index (χ3n) is 13.7. The topological polar surface area (TPSA) is 0 Å². The zero-order valence-corrected chi connectivity index (χ0v) is 20.6. The summed E-state index contributed by atoms with van der Waals surface area (Å²) in [7, 11) is 0. The Morgan fingerprint density at radius 2 is 0.781 bits per heavy atom. The van der Waals surface area contributed by atoms with Crippen LogP contribution in [0.3, 0.4) is 0 Å². The van der Waals surface area contributed by atoms with E-state index in [1.54, 1.807) is 51.4 Å². The first-order chi connectivity index (χ1) is 15.8. The van der Waals surface area contributed by atoms with Gasteiger partial charge in [-0.2, -0.15) is 0 Å². The van der Waals surface area contributed by atoms with Crippen LogP contribution in [-0.4, -0.2) is 0 Å². The first kappa shape index (κ1) is 19.8. The van der Waals surface area contributed by atoms with Gasteiger partial charge in [0.15, 0.2) is 0 Å². The van der Waals surface area contributed by atoms with Crippen molar-refractivity contribution in [3.63, 3.8) is 0 Å². The van der Waals surface area contributed by atoms with Gasteiger partial charge in [-0.05, 0) is 159 Å². The first-order valence-electron chi connectivity index (χ1n) is 15.2. The molecule has 16 unspecified atom stereocenters. The van der Waals surface area contributed by atoms with Gasteiger partial charge in [-0.15, -0.1) is 0 Å². The molecule has 10 aliphatic rings. The molecule has 174 valence electrons. The number of fused-ring (bicyclic) bond motifs is 22. The summed E-state index contributed by atoms with van der Waals surface area (Å²) in [5.74, 6) is 18.1. The highest BCUT2D eigenvalue weighted by molar-refractivity contribution is 5.21. The fourth-order valence-electron chi connectivity index (χ4n) is 13.2. The zero-order valence-electron chi connectivity index (χ0n) is 20.6. The van der Waals surface area contributed by atoms with E-state index in [-0.39, 0.29) is 0 Å². The summed E-state index contributed by atoms with van der Waals surface area (Å²) in [6.07, 6.45) is 26.2. The summed E-state index contributed by atoms with van der Waals surface area (Å²) in [5.41, 5.74) is 0. The number of hydrogen-bond acceptors (Lipinski definition) is 0. The minimum absolute atomic E-state index is 1.02. The Morgan fingerprint density at radius 1 is 0.375 bits per heavy atom. The van der Waals surface area contributed by atoms with Gasteiger partial charge < -0.3 is 0 Å². The molecule has 0 heteroatoms. The molecule has 32 heavy (non-hydrogen) atoms. The maximum Gasteiger partial charge on any atom is -0.0194 e. The van der Waals surface area contributed by atoms with Crippen LogP contribution in [0.5, 0.6) is 0 Å². The van der Waals surface area contributed by atoms with Crippen molar-refractivity contribution >= 4 is 0 Å². The standard InChI is InChI=1S/2C15H20.C2H6/c2*1-3-10-5-8(1)12-7-13-9-2-4-11(6-9)15(13)14(10)12;1-2/h2*1,3,8-15H,2,4-7H2;1-2H3. The van der Waals surface area contributed by atoms with Crippen molar-refractivity contribution in [2.45, 2.75) is 78.1 Å². The van der Waals surface area contributed by atoms with Gasteiger partial charge in [-0.25, -0.2) is 0 Å². The van der Waals surface area contributed by atoms with Crippen LogP contribution in [0, 0.1) is 94.7 Å². The second-order valence-electron chi connectivity index (χ2n) is 14.0. The molecule has 0 radical (unpaired) electrons. The summed E-state index contributed by atoms with van der Waals surface area (Å²) in [6, 6.07) is 0. The molecule has 10 rings (SSSR count). The monoisotopic (exact) mass is 430 g/mol. The fraction of sp³-hybridized carbons (Fsp3) is 0.875. The van der Waals surface area contributed by atoms with Gasteiger partial charge in [0, 0.05) is 0 Å². The van der Waals surface area contributed by atoms with E-state index in [1.165, 1.54) is 60.2 Å². The summed E-state index contributed by atoms with van der Waals surface area (Å²) in [6.45, 7) is 4.00. The van der Waals surface area contributed by atoms with Gasteiger partial charge in [0.1, 0.15) is 0 Å². The SMILES string of the molecule is C1=CC2CC1C1CC3C4CCC(C4)C3C21.C1=CC2CC1C1CC3C4CCC(C4)C3C21.CC. The minimum Gasteiger partial charge on any atom is -0.0848 e. The lowest BCUT2D eigenvalue weighted by Crippen LogP contribution is -2.26. The van der Waals surface area contributed by atoms with Crippen LogP contribution in [-0.2, 0) is 0 Å². The van der Waals surface area contributed by atoms with Crippen molar-refractivity contribution < 1.29 is 0 Å². The smallest absolute Gasteiger partial charge is 0.0194 e. The van der Waals surface area contributed by atoms with Crippen molar-refractivity contribution in [1.29, 1.82) is 0 Å². The van der Waals surface area contributed by atoms with E-state index in [9.17, 15) is 0 Å². The molecule has 0 nitrogen and oxygen atoms in total. The quantitative estimate of drug-likeness (QED) is 0.341. The Hall–Kier alpha value is -0.520. The first-order valence-corrected chi connectivity index (χ1v) is 15.2. The van der Waals surface area contributed by atoms with Crippen molar-refractivity contribution in [1.82, 2.24) is 0 Å². The zero-order chi connectivity index (χ0) is 21.1. The molecule has 0 aromatic carbocycles. The van der Waals surface area contributed by atoms with E-state index in [4.69, 9.17) is 0 Å². The normalized spacial score (nSPS) is 63.7. The molecule has 8 saturated carbocycles. The second kappa shape index (κ2) is 7.01. The third kappa shape index (κ3) is 2.42. The van der Waals surface area contributed by atoms with Crippen LogP contribution >= 0.6 is 0 Å². The van der Waals surface area contributed by atoms with Crippen molar-refractivity contribution in [3.8, 4) is 0 Å². The molecule has 0 N–H and O–H groups in total. The largest absolute Gasteiger partial charge is 0.0848 e. The Bertz CT molecular complexity index is 752. The average Bonchev–Trinajstić information content (AvgIpc) is 3.67. The molecular formula is C32H46. The van der Waals surface area contributed by atoms with Gasteiger partial charge in [0.05, 0.1) is 0 Å². The van der Waals surface area contributed by atoms with Crippen LogP contribution in [0.4, 0.5) is 0 Å². The molecule has 0 spiro atoms. The molecule has 0 saturated heterocycles. The highest BCUT2D eigenvalue weighted by atomic mass is 14.7. The highest BCUT2D eigenvalue weighted by Crippen LogP contribution is 2.70. The summed E-state index contributed by atoms with van der Waals surface area (Å²) in [5, 5.41) is 0. The highest BCUT2D eigenvalue weighted by Gasteiger charge is 2.63. The van der Waals surface area contributed by atoms with Crippen LogP contribution in [0.2, 0.25) is 0 Å². The number of hydrogen-bond donors (Lipinski definition) is 0. The molecule has 8 fully saturated rings. The third-order valence-corrected chi connectivity index (χ3v) is 13.7. The summed E-state index contributed by atoms with van der Waals surface area (Å²) < 4.78 is 0. The molecule has 8 bridgehead atoms. The summed E-state index contributed by atoms with van der Waals surface area (Å²) in [4.78, 5) is 0. The summed E-state index contributed by atoms with van der Waals surface area (Å²) >= 11 is 0. The predicted octanol–water partition coefficient (Wildman–Crippen LogP) is 8.01. The Labute approximate surface area is 197 Å². The lowest BCUT2D eigenvalue weighted by Gasteiger charge is -2.31. The molecule has 0 aliphatic heterocycles. The Balaban J connectivity index is 0.0000000983. The lowest BCUT2D eigenvalue weighted by molar-refractivity contribution is 0.185.